The van der Waals surface area contributed by atoms with Crippen LogP contribution in [0.25, 0.3) is 0 Å². The molecule has 1 saturated heterocycles. The van der Waals surface area contributed by atoms with Crippen molar-refractivity contribution in [1.29, 1.82) is 0 Å². The predicted molar refractivity (Wildman–Crippen MR) is 88.8 cm³/mol. The highest BCUT2D eigenvalue weighted by Crippen LogP contribution is 2.21. The predicted octanol–water partition coefficient (Wildman–Crippen LogP) is 1.03. The molecule has 1 fully saturated rings. The van der Waals surface area contributed by atoms with Crippen LogP contribution in [0.2, 0.25) is 0 Å². The molecule has 1 aromatic rings. The number of ether oxygens (including phenoxy) is 1. The number of hydrogen-bond acceptors (Lipinski definition) is 4. The highest BCUT2D eigenvalue weighted by Gasteiger charge is 2.24. The molecule has 1 amide bonds. The number of methoxy groups -OCH3 is 1. The SMILES string of the molecule is COc1ccccc1CC(=O)N1CCC[C@@H](CNS(C)(=O)=O)C1. The molecular formula is C16H24N2O4S. The Hall–Kier alpha value is -1.60. The molecule has 1 N–H and O–H groups in total. The van der Waals surface area contributed by atoms with Gasteiger partial charge in [0.05, 0.1) is 19.8 Å². The number of piperidine rings is 1. The fraction of sp³-hybridized carbons (Fsp3) is 0.562. The first kappa shape index (κ1) is 17.7. The van der Waals surface area contributed by atoms with Crippen LogP contribution in [0.5, 0.6) is 5.75 Å². The van der Waals surface area contributed by atoms with Gasteiger partial charge in [0.15, 0.2) is 0 Å². The van der Waals surface area contributed by atoms with Gasteiger partial charge < -0.3 is 9.64 Å². The number of likely N-dealkylation sites (tertiary alicyclic amines) is 1. The van der Waals surface area contributed by atoms with Gasteiger partial charge in [-0.1, -0.05) is 18.2 Å². The first-order chi connectivity index (χ1) is 10.9. The van der Waals surface area contributed by atoms with Crippen LogP contribution in [-0.4, -0.2) is 52.2 Å². The van der Waals surface area contributed by atoms with Gasteiger partial charge in [-0.15, -0.1) is 0 Å². The van der Waals surface area contributed by atoms with Gasteiger partial charge in [-0.3, -0.25) is 4.79 Å². The summed E-state index contributed by atoms with van der Waals surface area (Å²) in [6.45, 7) is 1.71. The van der Waals surface area contributed by atoms with Crippen LogP contribution in [0, 0.1) is 5.92 Å². The summed E-state index contributed by atoms with van der Waals surface area (Å²) in [7, 11) is -1.59. The van der Waals surface area contributed by atoms with Crippen molar-refractivity contribution in [1.82, 2.24) is 9.62 Å². The molecule has 2 rings (SSSR count). The number of carbonyl (C=O) groups excluding carboxylic acids is 1. The lowest BCUT2D eigenvalue weighted by atomic mass is 9.97. The quantitative estimate of drug-likeness (QED) is 0.839. The van der Waals surface area contributed by atoms with E-state index in [-0.39, 0.29) is 11.8 Å². The number of hydrogen-bond donors (Lipinski definition) is 1. The smallest absolute Gasteiger partial charge is 0.227 e. The number of sulfonamides is 1. The minimum atomic E-state index is -3.19. The van der Waals surface area contributed by atoms with Crippen LogP contribution < -0.4 is 9.46 Å². The molecule has 1 aliphatic rings. The number of rotatable bonds is 6. The molecule has 0 unspecified atom stereocenters. The van der Waals surface area contributed by atoms with Gasteiger partial charge in [-0.2, -0.15) is 0 Å². The zero-order valence-electron chi connectivity index (χ0n) is 13.6. The number of amides is 1. The summed E-state index contributed by atoms with van der Waals surface area (Å²) in [5.74, 6) is 0.937. The van der Waals surface area contributed by atoms with Gasteiger partial charge in [0.25, 0.3) is 0 Å². The third kappa shape index (κ3) is 5.51. The van der Waals surface area contributed by atoms with Gasteiger partial charge in [0.2, 0.25) is 15.9 Å². The Balaban J connectivity index is 1.94. The van der Waals surface area contributed by atoms with Gasteiger partial charge in [0.1, 0.15) is 5.75 Å². The molecule has 0 saturated carbocycles. The first-order valence-electron chi connectivity index (χ1n) is 7.73. The molecule has 0 spiro atoms. The van der Waals surface area contributed by atoms with Gasteiger partial charge in [-0.05, 0) is 24.8 Å². The average Bonchev–Trinajstić information content (AvgIpc) is 2.53. The minimum Gasteiger partial charge on any atom is -0.496 e. The highest BCUT2D eigenvalue weighted by molar-refractivity contribution is 7.88. The molecule has 0 aromatic heterocycles. The van der Waals surface area contributed by atoms with E-state index >= 15 is 0 Å². The van der Waals surface area contributed by atoms with Crippen LogP contribution in [-0.2, 0) is 21.2 Å². The highest BCUT2D eigenvalue weighted by atomic mass is 32.2. The normalized spacial score (nSPS) is 18.7. The first-order valence-corrected chi connectivity index (χ1v) is 9.62. The lowest BCUT2D eigenvalue weighted by Crippen LogP contribution is -2.44. The maximum atomic E-state index is 12.5. The molecule has 6 nitrogen and oxygen atoms in total. The van der Waals surface area contributed by atoms with E-state index in [0.29, 0.717) is 25.3 Å². The summed E-state index contributed by atoms with van der Waals surface area (Å²) in [5, 5.41) is 0. The van der Waals surface area contributed by atoms with Crippen molar-refractivity contribution in [2.45, 2.75) is 19.3 Å². The van der Waals surface area contributed by atoms with Crippen molar-refractivity contribution >= 4 is 15.9 Å². The third-order valence-corrected chi connectivity index (χ3v) is 4.73. The number of nitrogens with one attached hydrogen (secondary N) is 1. The lowest BCUT2D eigenvalue weighted by molar-refractivity contribution is -0.132. The second-order valence-corrected chi connectivity index (χ2v) is 7.79. The Morgan fingerprint density at radius 2 is 2.13 bits per heavy atom. The summed E-state index contributed by atoms with van der Waals surface area (Å²) >= 11 is 0. The molecular weight excluding hydrogens is 316 g/mol. The van der Waals surface area contributed by atoms with E-state index in [2.05, 4.69) is 4.72 Å². The van der Waals surface area contributed by atoms with Crippen molar-refractivity contribution in [2.75, 3.05) is 33.0 Å². The summed E-state index contributed by atoms with van der Waals surface area (Å²) in [6, 6.07) is 7.50. The van der Waals surface area contributed by atoms with Crippen LogP contribution in [0.3, 0.4) is 0 Å². The van der Waals surface area contributed by atoms with E-state index in [1.807, 2.05) is 29.2 Å². The van der Waals surface area contributed by atoms with Crippen LogP contribution in [0.15, 0.2) is 24.3 Å². The number of benzene rings is 1. The van der Waals surface area contributed by atoms with E-state index in [4.69, 9.17) is 4.74 Å². The van der Waals surface area contributed by atoms with Crippen molar-refractivity contribution in [2.24, 2.45) is 5.92 Å². The molecule has 1 atom stereocenters. The molecule has 1 aliphatic heterocycles. The molecule has 128 valence electrons. The molecule has 0 bridgehead atoms. The number of carbonyl (C=O) groups is 1. The van der Waals surface area contributed by atoms with E-state index in [1.165, 1.54) is 0 Å². The van der Waals surface area contributed by atoms with Gasteiger partial charge in [-0.25, -0.2) is 13.1 Å². The topological polar surface area (TPSA) is 75.7 Å². The summed E-state index contributed by atoms with van der Waals surface area (Å²) in [5.41, 5.74) is 0.872. The van der Waals surface area contributed by atoms with E-state index in [9.17, 15) is 13.2 Å². The molecule has 0 aliphatic carbocycles. The summed E-state index contributed by atoms with van der Waals surface area (Å²) < 4.78 is 30.2. The second kappa shape index (κ2) is 7.79. The minimum absolute atomic E-state index is 0.0542. The Bertz CT molecular complexity index is 645. The molecule has 1 aromatic carbocycles. The maximum absolute atomic E-state index is 12.5. The summed E-state index contributed by atoms with van der Waals surface area (Å²) in [4.78, 5) is 14.3. The Morgan fingerprint density at radius 3 is 2.83 bits per heavy atom. The van der Waals surface area contributed by atoms with Crippen molar-refractivity contribution in [3.63, 3.8) is 0 Å². The largest absolute Gasteiger partial charge is 0.496 e. The van der Waals surface area contributed by atoms with Crippen LogP contribution in [0.4, 0.5) is 0 Å². The fourth-order valence-electron chi connectivity index (χ4n) is 2.85. The fourth-order valence-corrected chi connectivity index (χ4v) is 3.39. The zero-order valence-corrected chi connectivity index (χ0v) is 14.4. The van der Waals surface area contributed by atoms with E-state index < -0.39 is 10.0 Å². The average molecular weight is 340 g/mol. The summed E-state index contributed by atoms with van der Waals surface area (Å²) in [6.07, 6.45) is 3.28. The zero-order chi connectivity index (χ0) is 16.9. The Labute approximate surface area is 137 Å². The molecule has 1 heterocycles. The van der Waals surface area contributed by atoms with Crippen LogP contribution >= 0.6 is 0 Å². The molecule has 7 heteroatoms. The number of para-hydroxylation sites is 1. The second-order valence-electron chi connectivity index (χ2n) is 5.96. The maximum Gasteiger partial charge on any atom is 0.227 e. The number of nitrogens with zero attached hydrogens (tertiary/aromatic N) is 1. The third-order valence-electron chi connectivity index (χ3n) is 4.04. The van der Waals surface area contributed by atoms with Crippen molar-refractivity contribution in [3.05, 3.63) is 29.8 Å². The van der Waals surface area contributed by atoms with Crippen LogP contribution in [0.1, 0.15) is 18.4 Å². The molecule has 0 radical (unpaired) electrons. The van der Waals surface area contributed by atoms with Crippen molar-refractivity contribution < 1.29 is 17.9 Å². The Kier molecular flexibility index (Phi) is 6.01. The Morgan fingerprint density at radius 1 is 1.39 bits per heavy atom. The lowest BCUT2D eigenvalue weighted by Gasteiger charge is -2.33. The van der Waals surface area contributed by atoms with E-state index in [0.717, 1.165) is 31.2 Å². The standard InChI is InChI=1S/C16H24N2O4S/c1-22-15-8-4-3-7-14(15)10-16(19)18-9-5-6-13(12-18)11-17-23(2,20)21/h3-4,7-8,13,17H,5-6,9-12H2,1-2H3/t13-/m0/s1. The monoisotopic (exact) mass is 340 g/mol. The van der Waals surface area contributed by atoms with Gasteiger partial charge >= 0.3 is 0 Å². The van der Waals surface area contributed by atoms with Gasteiger partial charge in [0, 0.05) is 25.2 Å². The molecule has 23 heavy (non-hydrogen) atoms. The van der Waals surface area contributed by atoms with E-state index in [1.54, 1.807) is 7.11 Å². The van der Waals surface area contributed by atoms with Crippen molar-refractivity contribution in [3.8, 4) is 5.75 Å².